The summed E-state index contributed by atoms with van der Waals surface area (Å²) < 4.78 is 0. The van der Waals surface area contributed by atoms with Gasteiger partial charge in [0.05, 0.1) is 18.8 Å². The molecule has 3 aromatic rings. The van der Waals surface area contributed by atoms with Gasteiger partial charge < -0.3 is 57.8 Å². The average Bonchev–Trinajstić information content (AvgIpc) is 3.92. The number of carbonyl (C=O) groups is 8. The van der Waals surface area contributed by atoms with Crippen molar-refractivity contribution >= 4 is 70.9 Å². The van der Waals surface area contributed by atoms with Crippen LogP contribution in [0.4, 0.5) is 0 Å². The summed E-state index contributed by atoms with van der Waals surface area (Å²) in [5.74, 6) is -8.96. The molecule has 3 rings (SSSR count). The fourth-order valence-corrected chi connectivity index (χ4v) is 6.87. The zero-order valence-electron chi connectivity index (χ0n) is 36.4. The summed E-state index contributed by atoms with van der Waals surface area (Å²) in [6, 6.07) is -1.93. The number of para-hydroxylation sites is 1. The van der Waals surface area contributed by atoms with Gasteiger partial charge >= 0.3 is 11.9 Å². The molecule has 2 aromatic heterocycles. The van der Waals surface area contributed by atoms with Crippen molar-refractivity contribution in [3.05, 3.63) is 54.2 Å². The normalized spacial score (nSPS) is 15.6. The largest absolute Gasteiger partial charge is 0.481 e. The zero-order valence-corrected chi connectivity index (χ0v) is 37.3. The van der Waals surface area contributed by atoms with E-state index in [9.17, 15) is 48.6 Å². The molecule has 6 amide bonds. The maximum atomic E-state index is 14.0. The van der Waals surface area contributed by atoms with E-state index >= 15 is 0 Å². The van der Waals surface area contributed by atoms with Crippen molar-refractivity contribution in [2.45, 2.75) is 122 Å². The van der Waals surface area contributed by atoms with E-state index in [4.69, 9.17) is 5.73 Å². The van der Waals surface area contributed by atoms with Crippen molar-refractivity contribution in [3.63, 3.8) is 0 Å². The molecule has 12 N–H and O–H groups in total. The first-order valence-electron chi connectivity index (χ1n) is 20.9. The Bertz CT molecular complexity index is 2040. The Morgan fingerprint density at radius 3 is 1.79 bits per heavy atom. The lowest BCUT2D eigenvalue weighted by Crippen LogP contribution is -2.61. The van der Waals surface area contributed by atoms with Gasteiger partial charge in [-0.15, -0.1) is 0 Å². The van der Waals surface area contributed by atoms with Crippen LogP contribution in [-0.4, -0.2) is 121 Å². The summed E-state index contributed by atoms with van der Waals surface area (Å²) in [6.45, 7) is 10.4. The van der Waals surface area contributed by atoms with Gasteiger partial charge in [-0.3, -0.25) is 33.6 Å². The van der Waals surface area contributed by atoms with Gasteiger partial charge in [-0.2, -0.15) is 12.6 Å². The lowest BCUT2D eigenvalue weighted by Gasteiger charge is -2.31. The van der Waals surface area contributed by atoms with Crippen LogP contribution in [0.2, 0.25) is 0 Å². The highest BCUT2D eigenvalue weighted by molar-refractivity contribution is 7.80. The van der Waals surface area contributed by atoms with Gasteiger partial charge in [0.15, 0.2) is 0 Å². The molecule has 0 saturated carbocycles. The lowest BCUT2D eigenvalue weighted by molar-refractivity contribution is -0.142. The van der Waals surface area contributed by atoms with Crippen LogP contribution in [0.3, 0.4) is 0 Å². The minimum Gasteiger partial charge on any atom is -0.481 e. The first-order chi connectivity index (χ1) is 29.8. The Kier molecular flexibility index (Phi) is 20.1. The highest BCUT2D eigenvalue weighted by Crippen LogP contribution is 2.20. The van der Waals surface area contributed by atoms with Crippen molar-refractivity contribution in [3.8, 4) is 0 Å². The van der Waals surface area contributed by atoms with Crippen LogP contribution in [0, 0.1) is 17.8 Å². The summed E-state index contributed by atoms with van der Waals surface area (Å²) in [5, 5.41) is 36.1. The summed E-state index contributed by atoms with van der Waals surface area (Å²) in [5.41, 5.74) is 7.76. The van der Waals surface area contributed by atoms with E-state index in [1.165, 1.54) is 12.5 Å². The third-order valence-corrected chi connectivity index (χ3v) is 11.2. The number of thiol groups is 1. The van der Waals surface area contributed by atoms with Crippen LogP contribution in [0.5, 0.6) is 0 Å². The number of hydrogen-bond donors (Lipinski definition) is 12. The molecule has 20 nitrogen and oxygen atoms in total. The van der Waals surface area contributed by atoms with E-state index in [-0.39, 0.29) is 30.9 Å². The topological polar surface area (TPSA) is 320 Å². The number of fused-ring (bicyclic) bond motifs is 1. The highest BCUT2D eigenvalue weighted by atomic mass is 32.1. The van der Waals surface area contributed by atoms with Crippen LogP contribution >= 0.6 is 12.6 Å². The molecule has 346 valence electrons. The molecule has 0 fully saturated rings. The van der Waals surface area contributed by atoms with Crippen LogP contribution in [-0.2, 0) is 51.2 Å². The van der Waals surface area contributed by atoms with E-state index in [1.807, 2.05) is 24.3 Å². The number of nitrogens with one attached hydrogen (secondary N) is 8. The van der Waals surface area contributed by atoms with E-state index < -0.39 is 108 Å². The average molecular weight is 899 g/mol. The van der Waals surface area contributed by atoms with Crippen LogP contribution < -0.4 is 37.6 Å². The lowest BCUT2D eigenvalue weighted by atomic mass is 9.94. The molecule has 0 bridgehead atoms. The first-order valence-corrected chi connectivity index (χ1v) is 21.6. The Morgan fingerprint density at radius 2 is 1.24 bits per heavy atom. The van der Waals surface area contributed by atoms with E-state index in [1.54, 1.807) is 47.7 Å². The summed E-state index contributed by atoms with van der Waals surface area (Å²) >= 11 is 4.04. The van der Waals surface area contributed by atoms with Crippen molar-refractivity contribution in [2.75, 3.05) is 5.75 Å². The van der Waals surface area contributed by atoms with Gasteiger partial charge in [-0.25, -0.2) is 9.78 Å². The molecule has 0 aliphatic rings. The smallest absolute Gasteiger partial charge is 0.326 e. The molecular formula is C42H62N10O10S. The molecule has 0 radical (unpaired) electrons. The summed E-state index contributed by atoms with van der Waals surface area (Å²) in [4.78, 5) is 116. The molecule has 0 aliphatic carbocycles. The highest BCUT2D eigenvalue weighted by Gasteiger charge is 2.37. The molecule has 2 heterocycles. The monoisotopic (exact) mass is 898 g/mol. The van der Waals surface area contributed by atoms with Gasteiger partial charge in [-0.05, 0) is 35.8 Å². The third-order valence-electron chi connectivity index (χ3n) is 10.8. The maximum Gasteiger partial charge on any atom is 0.326 e. The van der Waals surface area contributed by atoms with Gasteiger partial charge in [-0.1, -0.05) is 72.6 Å². The van der Waals surface area contributed by atoms with Gasteiger partial charge in [0.25, 0.3) is 0 Å². The van der Waals surface area contributed by atoms with Gasteiger partial charge in [0, 0.05) is 47.6 Å². The van der Waals surface area contributed by atoms with Gasteiger partial charge in [0.2, 0.25) is 35.4 Å². The fourth-order valence-electron chi connectivity index (χ4n) is 6.70. The first kappa shape index (κ1) is 51.4. The second-order valence-corrected chi connectivity index (χ2v) is 16.6. The standard InChI is InChI=1S/C42H62N10O10S/c1-7-22(5)34(40(59)50-32(42(61)62)14-24-17-45-28-12-10-9-11-26(24)28)52-41(60)35(23(6)8-2)51-39(58)31(16-33(53)54)49-37(56)29(13-21(3)4)48-38(57)30(15-25-18-44-20-46-25)47-36(55)27(43)19-63/h9-12,17-18,20-23,27,29-32,34-35,45,63H,7-8,13-16,19,43H2,1-6H3,(H,44,46)(H,47,55)(H,48,57)(H,49,56)(H,50,59)(H,51,58)(H,52,60)(H,53,54)(H,61,62)/t22-,23-,27-,29-,30-,31-,32-,34-,35-/m0/s1. The summed E-state index contributed by atoms with van der Waals surface area (Å²) in [7, 11) is 0. The number of aromatic amines is 2. The molecule has 9 atom stereocenters. The number of nitrogens with zero attached hydrogens (tertiary/aromatic N) is 1. The predicted octanol–water partition coefficient (Wildman–Crippen LogP) is 0.540. The third kappa shape index (κ3) is 15.4. The fraction of sp³-hybridized carbons (Fsp3) is 0.548. The number of rotatable bonds is 26. The quantitative estimate of drug-likeness (QED) is 0.0492. The van der Waals surface area contributed by atoms with E-state index in [2.05, 4.69) is 59.5 Å². The molecule has 1 aromatic carbocycles. The van der Waals surface area contributed by atoms with Gasteiger partial charge in [0.1, 0.15) is 36.3 Å². The molecule has 21 heteroatoms. The molecular weight excluding hydrogens is 837 g/mol. The number of carboxylic acid groups (broad SMARTS) is 2. The minimum atomic E-state index is -1.73. The van der Waals surface area contributed by atoms with E-state index in [0.29, 0.717) is 24.1 Å². The number of imidazole rings is 1. The second kappa shape index (κ2) is 24.6. The number of aliphatic carboxylic acids is 2. The Balaban J connectivity index is 1.82. The summed E-state index contributed by atoms with van der Waals surface area (Å²) in [6.07, 6.45) is 4.29. The minimum absolute atomic E-state index is 0.0106. The number of amides is 6. The number of H-pyrrole nitrogens is 2. The van der Waals surface area contributed by atoms with Crippen molar-refractivity contribution in [1.29, 1.82) is 0 Å². The number of nitrogens with two attached hydrogens (primary N) is 1. The van der Waals surface area contributed by atoms with E-state index in [0.717, 1.165) is 10.9 Å². The van der Waals surface area contributed by atoms with Crippen LogP contribution in [0.15, 0.2) is 43.0 Å². The predicted molar refractivity (Wildman–Crippen MR) is 236 cm³/mol. The molecule has 0 unspecified atom stereocenters. The molecule has 0 aliphatic heterocycles. The van der Waals surface area contributed by atoms with Crippen molar-refractivity contribution < 1.29 is 48.6 Å². The zero-order chi connectivity index (χ0) is 47.0. The Morgan fingerprint density at radius 1 is 0.698 bits per heavy atom. The molecule has 0 spiro atoms. The number of carboxylic acids is 2. The SMILES string of the molecule is CC[C@H](C)[C@H](NC(=O)[C@H](CC(=O)O)NC(=O)[C@H](CC(C)C)NC(=O)[C@H](Cc1cnc[nH]1)NC(=O)[C@@H](N)CS)C(=O)N[C@H](C(=O)N[C@@H](Cc1c[nH]c2ccccc12)C(=O)O)[C@@H](C)CC. The Hall–Kier alpha value is -5.96. The molecule has 63 heavy (non-hydrogen) atoms. The van der Waals surface area contributed by atoms with Crippen molar-refractivity contribution in [1.82, 2.24) is 46.9 Å². The number of carbonyl (C=O) groups excluding carboxylic acids is 6. The van der Waals surface area contributed by atoms with Crippen LogP contribution in [0.25, 0.3) is 10.9 Å². The van der Waals surface area contributed by atoms with Crippen LogP contribution in [0.1, 0.15) is 78.5 Å². The number of benzene rings is 1. The number of aromatic nitrogens is 3. The Labute approximate surface area is 371 Å². The molecule has 0 saturated heterocycles. The van der Waals surface area contributed by atoms with Crippen molar-refractivity contribution in [2.24, 2.45) is 23.5 Å². The second-order valence-electron chi connectivity index (χ2n) is 16.2. The number of hydrogen-bond acceptors (Lipinski definition) is 11. The maximum absolute atomic E-state index is 14.0.